The van der Waals surface area contributed by atoms with E-state index >= 15 is 0 Å². The molecule has 2 aliphatic rings. The minimum absolute atomic E-state index is 0.0504. The van der Waals surface area contributed by atoms with Crippen molar-refractivity contribution in [3.63, 3.8) is 0 Å². The van der Waals surface area contributed by atoms with Gasteiger partial charge < -0.3 is 15.5 Å². The molecular weight excluding hydrogens is 432 g/mol. The van der Waals surface area contributed by atoms with Gasteiger partial charge in [-0.1, -0.05) is 62.4 Å². The number of hydrogen-bond acceptors (Lipinski definition) is 3. The van der Waals surface area contributed by atoms with E-state index in [1.807, 2.05) is 56.3 Å². The monoisotopic (exact) mass is 465 g/mol. The predicted molar refractivity (Wildman–Crippen MR) is 137 cm³/mol. The van der Waals surface area contributed by atoms with E-state index in [2.05, 4.69) is 15.5 Å². The van der Waals surface area contributed by atoms with E-state index in [1.54, 1.807) is 18.2 Å². The van der Waals surface area contributed by atoms with Gasteiger partial charge >= 0.3 is 0 Å². The van der Waals surface area contributed by atoms with Crippen LogP contribution in [0.1, 0.15) is 38.3 Å². The molecule has 1 amide bonds. The Labute approximate surface area is 201 Å². The molecule has 0 bridgehead atoms. The molecule has 2 N–H and O–H groups in total. The number of halogens is 2. The van der Waals surface area contributed by atoms with Crippen molar-refractivity contribution in [2.45, 2.75) is 33.1 Å². The number of carbonyl (C=O) groups excluding carboxylic acids is 1. The van der Waals surface area contributed by atoms with E-state index < -0.39 is 5.92 Å². The van der Waals surface area contributed by atoms with Crippen molar-refractivity contribution in [2.24, 2.45) is 0 Å². The Morgan fingerprint density at radius 3 is 2.18 bits per heavy atom. The molecule has 1 aliphatic heterocycles. The number of carbonyl (C=O) groups is 1. The van der Waals surface area contributed by atoms with Gasteiger partial charge in [-0.25, -0.2) is 8.78 Å². The fourth-order valence-electron chi connectivity index (χ4n) is 3.90. The first kappa shape index (κ1) is 25.4. The summed E-state index contributed by atoms with van der Waals surface area (Å²) in [7, 11) is 0. The Balaban J connectivity index is 0.00000158. The van der Waals surface area contributed by atoms with Crippen LogP contribution in [0.3, 0.4) is 0 Å². The van der Waals surface area contributed by atoms with Crippen molar-refractivity contribution in [3.8, 4) is 0 Å². The summed E-state index contributed by atoms with van der Waals surface area (Å²) in [4.78, 5) is 15.4. The topological polar surface area (TPSA) is 44.4 Å². The van der Waals surface area contributed by atoms with Crippen molar-refractivity contribution in [3.05, 3.63) is 89.5 Å². The molecule has 1 saturated heterocycles. The van der Waals surface area contributed by atoms with Gasteiger partial charge in [0.05, 0.1) is 0 Å². The molecule has 0 radical (unpaired) electrons. The standard InChI is InChI=1S/C26H27F2N3O.C2H6/c1-26(27,28)20-9-7-19(8-10-20)23-5-3-2-4-6-24(23)25(32)30-21-11-13-22(14-12-21)31-17-15-29-16-18-31;1-2/h3-14,29H,2,15-18H2,1H3,(H,30,32);1-2H3. The Bertz CT molecular complexity index is 1040. The van der Waals surface area contributed by atoms with Crippen molar-refractivity contribution in [1.29, 1.82) is 0 Å². The van der Waals surface area contributed by atoms with E-state index in [0.29, 0.717) is 23.3 Å². The first-order chi connectivity index (χ1) is 16.4. The van der Waals surface area contributed by atoms with E-state index in [-0.39, 0.29) is 11.5 Å². The highest BCUT2D eigenvalue weighted by molar-refractivity contribution is 6.12. The van der Waals surface area contributed by atoms with Crippen LogP contribution >= 0.6 is 0 Å². The summed E-state index contributed by atoms with van der Waals surface area (Å²) < 4.78 is 27.2. The molecule has 1 fully saturated rings. The number of piperazine rings is 1. The Hall–Kier alpha value is -3.25. The lowest BCUT2D eigenvalue weighted by molar-refractivity contribution is -0.112. The molecule has 0 saturated carbocycles. The van der Waals surface area contributed by atoms with Crippen molar-refractivity contribution in [2.75, 3.05) is 36.4 Å². The van der Waals surface area contributed by atoms with E-state index in [4.69, 9.17) is 0 Å². The lowest BCUT2D eigenvalue weighted by atomic mass is 9.97. The summed E-state index contributed by atoms with van der Waals surface area (Å²) in [5.74, 6) is -3.13. The molecule has 0 unspecified atom stereocenters. The van der Waals surface area contributed by atoms with Crippen LogP contribution in [-0.2, 0) is 10.7 Å². The summed E-state index contributed by atoms with van der Waals surface area (Å²) in [5, 5.41) is 6.31. The Morgan fingerprint density at radius 2 is 1.56 bits per heavy atom. The largest absolute Gasteiger partial charge is 0.369 e. The van der Waals surface area contributed by atoms with Crippen LogP contribution in [0.4, 0.5) is 20.2 Å². The van der Waals surface area contributed by atoms with Crippen molar-refractivity contribution in [1.82, 2.24) is 5.32 Å². The van der Waals surface area contributed by atoms with Gasteiger partial charge in [-0.3, -0.25) is 4.79 Å². The normalized spacial score (nSPS) is 16.0. The highest BCUT2D eigenvalue weighted by Crippen LogP contribution is 2.30. The zero-order valence-electron chi connectivity index (χ0n) is 20.1. The second-order valence-electron chi connectivity index (χ2n) is 8.07. The molecule has 1 aliphatic carbocycles. The molecule has 2 aromatic carbocycles. The summed E-state index contributed by atoms with van der Waals surface area (Å²) in [6.45, 7) is 8.73. The molecule has 6 heteroatoms. The van der Waals surface area contributed by atoms with Gasteiger partial charge in [0.25, 0.3) is 11.8 Å². The van der Waals surface area contributed by atoms with E-state index in [9.17, 15) is 13.6 Å². The third-order valence-electron chi connectivity index (χ3n) is 5.69. The smallest absolute Gasteiger partial charge is 0.270 e. The average Bonchev–Trinajstić information content (AvgIpc) is 3.12. The van der Waals surface area contributed by atoms with Crippen LogP contribution in [0.2, 0.25) is 0 Å². The van der Waals surface area contributed by atoms with Crippen molar-refractivity contribution >= 4 is 22.9 Å². The van der Waals surface area contributed by atoms with Gasteiger partial charge in [-0.15, -0.1) is 0 Å². The lowest BCUT2D eigenvalue weighted by Gasteiger charge is -2.29. The molecule has 180 valence electrons. The number of nitrogens with zero attached hydrogens (tertiary/aromatic N) is 1. The summed E-state index contributed by atoms with van der Waals surface area (Å²) in [5.41, 5.74) is 3.73. The molecule has 0 aromatic heterocycles. The van der Waals surface area contributed by atoms with E-state index in [1.165, 1.54) is 12.1 Å². The van der Waals surface area contributed by atoms with Crippen LogP contribution < -0.4 is 15.5 Å². The fourth-order valence-corrected chi connectivity index (χ4v) is 3.90. The van der Waals surface area contributed by atoms with Gasteiger partial charge in [-0.2, -0.15) is 0 Å². The Morgan fingerprint density at radius 1 is 0.941 bits per heavy atom. The zero-order valence-corrected chi connectivity index (χ0v) is 20.1. The number of amides is 1. The maximum Gasteiger partial charge on any atom is 0.270 e. The molecule has 0 atom stereocenters. The first-order valence-electron chi connectivity index (χ1n) is 11.8. The van der Waals surface area contributed by atoms with Crippen LogP contribution in [0, 0.1) is 0 Å². The number of hydrogen-bond donors (Lipinski definition) is 2. The number of rotatable bonds is 5. The highest BCUT2D eigenvalue weighted by atomic mass is 19.3. The molecule has 1 heterocycles. The van der Waals surface area contributed by atoms with Crippen LogP contribution in [0.5, 0.6) is 0 Å². The van der Waals surface area contributed by atoms with Gasteiger partial charge in [-0.05, 0) is 41.8 Å². The van der Waals surface area contributed by atoms with Crippen LogP contribution in [-0.4, -0.2) is 32.1 Å². The minimum atomic E-state index is -2.90. The number of benzene rings is 2. The second-order valence-corrected chi connectivity index (χ2v) is 8.07. The van der Waals surface area contributed by atoms with Crippen molar-refractivity contribution < 1.29 is 13.6 Å². The number of nitrogens with one attached hydrogen (secondary N) is 2. The quantitative estimate of drug-likeness (QED) is 0.557. The van der Waals surface area contributed by atoms with Gasteiger partial charge in [0.15, 0.2) is 0 Å². The van der Waals surface area contributed by atoms with Crippen LogP contribution in [0.15, 0.2) is 78.4 Å². The van der Waals surface area contributed by atoms with Crippen LogP contribution in [0.25, 0.3) is 5.57 Å². The number of anilines is 2. The molecule has 2 aromatic rings. The lowest BCUT2D eigenvalue weighted by Crippen LogP contribution is -2.43. The molecule has 4 nitrogen and oxygen atoms in total. The van der Waals surface area contributed by atoms with Gasteiger partial charge in [0.2, 0.25) is 0 Å². The summed E-state index contributed by atoms with van der Waals surface area (Å²) in [6.07, 6.45) is 8.24. The molecular formula is C28H33F2N3O. The summed E-state index contributed by atoms with van der Waals surface area (Å²) in [6, 6.07) is 14.0. The minimum Gasteiger partial charge on any atom is -0.369 e. The molecule has 0 spiro atoms. The second kappa shape index (κ2) is 11.7. The average molecular weight is 466 g/mol. The SMILES string of the molecule is CC.CC(F)(F)c1ccc(C2=C(C(=O)Nc3ccc(N4CCNCC4)cc3)C=CCC=C2)cc1. The zero-order chi connectivity index (χ0) is 24.6. The molecule has 4 rings (SSSR count). The number of allylic oxidation sites excluding steroid dienone is 4. The fraction of sp³-hybridized carbons (Fsp3) is 0.321. The Kier molecular flexibility index (Phi) is 8.77. The first-order valence-corrected chi connectivity index (χ1v) is 11.8. The summed E-state index contributed by atoms with van der Waals surface area (Å²) >= 11 is 0. The van der Waals surface area contributed by atoms with E-state index in [0.717, 1.165) is 44.4 Å². The maximum atomic E-state index is 13.6. The third kappa shape index (κ3) is 6.41. The van der Waals surface area contributed by atoms with Gasteiger partial charge in [0.1, 0.15) is 0 Å². The molecule has 34 heavy (non-hydrogen) atoms. The number of alkyl halides is 2. The van der Waals surface area contributed by atoms with Gasteiger partial charge in [0, 0.05) is 55.6 Å². The maximum absolute atomic E-state index is 13.6. The predicted octanol–water partition coefficient (Wildman–Crippen LogP) is 6.14. The highest BCUT2D eigenvalue weighted by Gasteiger charge is 2.24. The third-order valence-corrected chi connectivity index (χ3v) is 5.69.